The Balaban J connectivity index is 2.40. The summed E-state index contributed by atoms with van der Waals surface area (Å²) in [6, 6.07) is 0. The Hall–Kier alpha value is -0.460. The van der Waals surface area contributed by atoms with E-state index < -0.39 is 0 Å². The van der Waals surface area contributed by atoms with Crippen LogP contribution in [0.2, 0.25) is 0 Å². The number of thiazole rings is 1. The lowest BCUT2D eigenvalue weighted by Gasteiger charge is -2.00. The number of ether oxygens (including phenoxy) is 1. The Labute approximate surface area is 88.4 Å². The first kappa shape index (κ1) is 10.6. The van der Waals surface area contributed by atoms with Gasteiger partial charge in [-0.25, -0.2) is 4.98 Å². The summed E-state index contributed by atoms with van der Waals surface area (Å²) in [5.41, 5.74) is 0. The molecule has 0 aliphatic carbocycles. The normalized spacial score (nSPS) is 10.0. The van der Waals surface area contributed by atoms with Crippen LogP contribution in [0.1, 0.15) is 9.67 Å². The lowest BCUT2D eigenvalue weighted by atomic mass is 10.5. The Kier molecular flexibility index (Phi) is 4.34. The number of nitrogens with zero attached hydrogens (tertiary/aromatic N) is 1. The second-order valence-electron chi connectivity index (χ2n) is 2.23. The van der Waals surface area contributed by atoms with Crippen molar-refractivity contribution >= 4 is 33.2 Å². The van der Waals surface area contributed by atoms with Crippen LogP contribution in [0.25, 0.3) is 0 Å². The number of methoxy groups -OCH3 is 1. The Bertz CT molecular complexity index is 290. The van der Waals surface area contributed by atoms with Gasteiger partial charge in [-0.2, -0.15) is 0 Å². The average Bonchev–Trinajstić information content (AvgIpc) is 2.52. The van der Waals surface area contributed by atoms with Crippen LogP contribution in [0.5, 0.6) is 0 Å². The predicted octanol–water partition coefficient (Wildman–Crippen LogP) is 1.28. The van der Waals surface area contributed by atoms with Gasteiger partial charge >= 0.3 is 0 Å². The van der Waals surface area contributed by atoms with Gasteiger partial charge in [-0.05, 0) is 15.9 Å². The maximum atomic E-state index is 11.3. The summed E-state index contributed by atoms with van der Waals surface area (Å²) >= 11 is 4.49. The van der Waals surface area contributed by atoms with Crippen molar-refractivity contribution in [1.82, 2.24) is 10.3 Å². The number of rotatable bonds is 4. The zero-order valence-electron chi connectivity index (χ0n) is 7.04. The molecule has 0 radical (unpaired) electrons. The van der Waals surface area contributed by atoms with E-state index in [1.54, 1.807) is 7.11 Å². The van der Waals surface area contributed by atoms with E-state index in [1.807, 2.05) is 0 Å². The molecular weight excluding hydrogens is 256 g/mol. The van der Waals surface area contributed by atoms with E-state index in [1.165, 1.54) is 17.5 Å². The molecule has 1 aromatic rings. The molecule has 1 aromatic heterocycles. The van der Waals surface area contributed by atoms with Gasteiger partial charge in [0.15, 0.2) is 3.92 Å². The minimum absolute atomic E-state index is 0.111. The van der Waals surface area contributed by atoms with Gasteiger partial charge in [-0.15, -0.1) is 11.3 Å². The van der Waals surface area contributed by atoms with E-state index in [2.05, 4.69) is 26.2 Å². The van der Waals surface area contributed by atoms with E-state index in [9.17, 15) is 4.79 Å². The third-order valence-electron chi connectivity index (χ3n) is 1.29. The van der Waals surface area contributed by atoms with Crippen molar-refractivity contribution in [3.05, 3.63) is 15.0 Å². The molecule has 1 heterocycles. The maximum absolute atomic E-state index is 11.3. The van der Waals surface area contributed by atoms with Crippen molar-refractivity contribution in [2.45, 2.75) is 0 Å². The van der Waals surface area contributed by atoms with Crippen LogP contribution in [0.4, 0.5) is 0 Å². The second kappa shape index (κ2) is 5.31. The largest absolute Gasteiger partial charge is 0.383 e. The van der Waals surface area contributed by atoms with E-state index in [4.69, 9.17) is 4.74 Å². The summed E-state index contributed by atoms with van der Waals surface area (Å²) in [5, 5.41) is 2.70. The lowest BCUT2D eigenvalue weighted by molar-refractivity contribution is 0.0941. The van der Waals surface area contributed by atoms with Crippen LogP contribution in [-0.2, 0) is 4.74 Å². The molecule has 0 aromatic carbocycles. The average molecular weight is 265 g/mol. The molecule has 0 saturated heterocycles. The number of aromatic nitrogens is 1. The van der Waals surface area contributed by atoms with Crippen LogP contribution in [0.15, 0.2) is 10.1 Å². The minimum Gasteiger partial charge on any atom is -0.383 e. The fourth-order valence-corrected chi connectivity index (χ4v) is 1.89. The molecule has 0 aliphatic heterocycles. The molecule has 1 N–H and O–H groups in total. The molecule has 0 unspecified atom stereocenters. The van der Waals surface area contributed by atoms with Gasteiger partial charge in [0.05, 0.1) is 12.8 Å². The zero-order valence-corrected chi connectivity index (χ0v) is 9.44. The van der Waals surface area contributed by atoms with Crippen molar-refractivity contribution in [3.63, 3.8) is 0 Å². The number of hydrogen-bond donors (Lipinski definition) is 1. The SMILES string of the molecule is COCCNC(=O)c1cnc(Br)s1. The Morgan fingerprint density at radius 3 is 3.15 bits per heavy atom. The third-order valence-corrected chi connectivity index (χ3v) is 2.77. The molecular formula is C7H9BrN2O2S. The van der Waals surface area contributed by atoms with Crippen molar-refractivity contribution < 1.29 is 9.53 Å². The molecule has 0 bridgehead atoms. The number of carbonyl (C=O) groups is 1. The van der Waals surface area contributed by atoms with Gasteiger partial charge < -0.3 is 10.1 Å². The monoisotopic (exact) mass is 264 g/mol. The van der Waals surface area contributed by atoms with Crippen molar-refractivity contribution in [2.75, 3.05) is 20.3 Å². The maximum Gasteiger partial charge on any atom is 0.263 e. The number of halogens is 1. The van der Waals surface area contributed by atoms with E-state index in [0.717, 1.165) is 0 Å². The highest BCUT2D eigenvalue weighted by Gasteiger charge is 2.07. The molecule has 0 spiro atoms. The molecule has 0 aliphatic rings. The first-order valence-electron chi connectivity index (χ1n) is 3.62. The molecule has 6 heteroatoms. The van der Waals surface area contributed by atoms with E-state index in [0.29, 0.717) is 21.9 Å². The van der Waals surface area contributed by atoms with Crippen LogP contribution in [0.3, 0.4) is 0 Å². The fraction of sp³-hybridized carbons (Fsp3) is 0.429. The van der Waals surface area contributed by atoms with Crippen molar-refractivity contribution in [2.24, 2.45) is 0 Å². The number of hydrogen-bond acceptors (Lipinski definition) is 4. The first-order chi connectivity index (χ1) is 6.24. The topological polar surface area (TPSA) is 51.2 Å². The summed E-state index contributed by atoms with van der Waals surface area (Å²) in [6.07, 6.45) is 1.54. The zero-order chi connectivity index (χ0) is 9.68. The van der Waals surface area contributed by atoms with Gasteiger partial charge in [0.2, 0.25) is 0 Å². The third kappa shape index (κ3) is 3.41. The fourth-order valence-electron chi connectivity index (χ4n) is 0.712. The highest BCUT2D eigenvalue weighted by atomic mass is 79.9. The molecule has 1 amide bonds. The molecule has 0 fully saturated rings. The summed E-state index contributed by atoms with van der Waals surface area (Å²) < 4.78 is 5.51. The molecule has 4 nitrogen and oxygen atoms in total. The minimum atomic E-state index is -0.111. The molecule has 72 valence electrons. The van der Waals surface area contributed by atoms with Crippen LogP contribution in [0, 0.1) is 0 Å². The van der Waals surface area contributed by atoms with Gasteiger partial charge in [-0.1, -0.05) is 0 Å². The second-order valence-corrected chi connectivity index (χ2v) is 4.53. The summed E-state index contributed by atoms with van der Waals surface area (Å²) in [5.74, 6) is -0.111. The van der Waals surface area contributed by atoms with E-state index >= 15 is 0 Å². The first-order valence-corrected chi connectivity index (χ1v) is 5.23. The van der Waals surface area contributed by atoms with Crippen LogP contribution in [-0.4, -0.2) is 31.2 Å². The Morgan fingerprint density at radius 2 is 2.62 bits per heavy atom. The van der Waals surface area contributed by atoms with Gasteiger partial charge in [0, 0.05) is 13.7 Å². The number of amides is 1. The summed E-state index contributed by atoms with van der Waals surface area (Å²) in [4.78, 5) is 15.8. The number of nitrogens with one attached hydrogen (secondary N) is 1. The summed E-state index contributed by atoms with van der Waals surface area (Å²) in [7, 11) is 1.59. The van der Waals surface area contributed by atoms with Gasteiger partial charge in [-0.3, -0.25) is 4.79 Å². The molecule has 0 atom stereocenters. The van der Waals surface area contributed by atoms with Crippen LogP contribution < -0.4 is 5.32 Å². The van der Waals surface area contributed by atoms with Crippen LogP contribution >= 0.6 is 27.3 Å². The lowest BCUT2D eigenvalue weighted by Crippen LogP contribution is -2.26. The Morgan fingerprint density at radius 1 is 1.85 bits per heavy atom. The quantitative estimate of drug-likeness (QED) is 0.834. The highest BCUT2D eigenvalue weighted by Crippen LogP contribution is 2.17. The summed E-state index contributed by atoms with van der Waals surface area (Å²) in [6.45, 7) is 1.04. The highest BCUT2D eigenvalue weighted by molar-refractivity contribution is 9.11. The van der Waals surface area contributed by atoms with Gasteiger partial charge in [0.25, 0.3) is 5.91 Å². The predicted molar refractivity (Wildman–Crippen MR) is 54.0 cm³/mol. The van der Waals surface area contributed by atoms with Gasteiger partial charge in [0.1, 0.15) is 4.88 Å². The molecule has 1 rings (SSSR count). The standard InChI is InChI=1S/C7H9BrN2O2S/c1-12-3-2-9-6(11)5-4-10-7(8)13-5/h4H,2-3H2,1H3,(H,9,11). The number of carbonyl (C=O) groups excluding carboxylic acids is 1. The van der Waals surface area contributed by atoms with Crippen molar-refractivity contribution in [1.29, 1.82) is 0 Å². The smallest absolute Gasteiger partial charge is 0.263 e. The molecule has 13 heavy (non-hydrogen) atoms. The van der Waals surface area contributed by atoms with Crippen molar-refractivity contribution in [3.8, 4) is 0 Å². The van der Waals surface area contributed by atoms with E-state index in [-0.39, 0.29) is 5.91 Å². The molecule has 0 saturated carbocycles.